The Morgan fingerprint density at radius 3 is 2.65 bits per heavy atom. The molecule has 8 nitrogen and oxygen atoms in total. The first-order valence-electron chi connectivity index (χ1n) is 9.29. The Morgan fingerprint density at radius 2 is 1.97 bits per heavy atom. The van der Waals surface area contributed by atoms with Gasteiger partial charge in [0.05, 0.1) is 5.56 Å². The molecule has 0 aliphatic heterocycles. The third kappa shape index (κ3) is 4.37. The third-order valence-corrected chi connectivity index (χ3v) is 5.36. The Labute approximate surface area is 180 Å². The Hall–Kier alpha value is -3.44. The minimum absolute atomic E-state index is 0.0717. The smallest absolute Gasteiger partial charge is 0.191 e. The predicted octanol–water partition coefficient (Wildman–Crippen LogP) is 3.25. The molecule has 11 heteroatoms. The van der Waals surface area contributed by atoms with Gasteiger partial charge in [0.1, 0.15) is 23.9 Å². The van der Waals surface area contributed by atoms with Crippen LogP contribution >= 0.6 is 11.3 Å². The average Bonchev–Trinajstić information content (AvgIpc) is 3.40. The van der Waals surface area contributed by atoms with Gasteiger partial charge in [-0.1, -0.05) is 6.07 Å². The second kappa shape index (κ2) is 8.74. The number of likely N-dealkylation sites (N-methyl/N-ethyl adjacent to an activating group) is 1. The first-order valence-corrected chi connectivity index (χ1v) is 10.2. The molecule has 3 heterocycles. The van der Waals surface area contributed by atoms with Crippen LogP contribution in [0.4, 0.5) is 14.6 Å². The number of hydrogen-bond donors (Lipinski definition) is 1. The molecule has 0 radical (unpaired) electrons. The second-order valence-corrected chi connectivity index (χ2v) is 7.88. The molecule has 0 bridgehead atoms. The van der Waals surface area contributed by atoms with E-state index in [0.717, 1.165) is 27.3 Å². The van der Waals surface area contributed by atoms with Crippen molar-refractivity contribution in [2.45, 2.75) is 0 Å². The predicted molar refractivity (Wildman–Crippen MR) is 114 cm³/mol. The Bertz CT molecular complexity index is 1170. The van der Waals surface area contributed by atoms with Gasteiger partial charge >= 0.3 is 0 Å². The summed E-state index contributed by atoms with van der Waals surface area (Å²) in [4.78, 5) is 7.06. The van der Waals surface area contributed by atoms with Crippen molar-refractivity contribution >= 4 is 17.2 Å². The maximum atomic E-state index is 14.9. The van der Waals surface area contributed by atoms with E-state index in [0.29, 0.717) is 18.7 Å². The van der Waals surface area contributed by atoms with Crippen molar-refractivity contribution in [1.29, 1.82) is 0 Å². The van der Waals surface area contributed by atoms with E-state index in [1.165, 1.54) is 11.3 Å². The molecule has 4 rings (SSSR count). The second-order valence-electron chi connectivity index (χ2n) is 6.94. The molecule has 4 aromatic rings. The third-order valence-electron chi connectivity index (χ3n) is 4.44. The molecule has 0 spiro atoms. The number of ether oxygens (including phenoxy) is 1. The highest BCUT2D eigenvalue weighted by Gasteiger charge is 2.22. The van der Waals surface area contributed by atoms with Crippen molar-refractivity contribution < 1.29 is 13.5 Å². The number of nitrogens with zero attached hydrogens (tertiary/aromatic N) is 6. The maximum absolute atomic E-state index is 14.9. The van der Waals surface area contributed by atoms with E-state index < -0.39 is 17.3 Å². The fraction of sp³-hybridized carbons (Fsp3) is 0.200. The fourth-order valence-electron chi connectivity index (χ4n) is 2.91. The molecule has 0 fully saturated rings. The van der Waals surface area contributed by atoms with Crippen LogP contribution in [0.15, 0.2) is 41.9 Å². The zero-order valence-corrected chi connectivity index (χ0v) is 17.6. The van der Waals surface area contributed by atoms with E-state index in [-0.39, 0.29) is 17.4 Å². The normalized spacial score (nSPS) is 11.3. The van der Waals surface area contributed by atoms with Crippen LogP contribution in [-0.4, -0.2) is 57.3 Å². The van der Waals surface area contributed by atoms with Crippen molar-refractivity contribution in [3.8, 4) is 33.3 Å². The van der Waals surface area contributed by atoms with Crippen LogP contribution in [0.1, 0.15) is 0 Å². The van der Waals surface area contributed by atoms with Crippen LogP contribution in [0.3, 0.4) is 0 Å². The van der Waals surface area contributed by atoms with Crippen molar-refractivity contribution in [2.75, 3.05) is 33.0 Å². The van der Waals surface area contributed by atoms with Gasteiger partial charge in [-0.3, -0.25) is 0 Å². The number of thiophene rings is 1. The van der Waals surface area contributed by atoms with Crippen molar-refractivity contribution in [3.63, 3.8) is 0 Å². The summed E-state index contributed by atoms with van der Waals surface area (Å²) in [6, 6.07) is 7.78. The summed E-state index contributed by atoms with van der Waals surface area (Å²) >= 11 is 1.53. The number of anilines is 1. The zero-order chi connectivity index (χ0) is 22.0. The van der Waals surface area contributed by atoms with E-state index in [2.05, 4.69) is 20.5 Å². The van der Waals surface area contributed by atoms with Gasteiger partial charge in [0.15, 0.2) is 17.5 Å². The largest absolute Gasteiger partial charge is 0.492 e. The van der Waals surface area contributed by atoms with Crippen LogP contribution < -0.4 is 10.5 Å². The van der Waals surface area contributed by atoms with Crippen molar-refractivity contribution in [1.82, 2.24) is 30.1 Å². The van der Waals surface area contributed by atoms with Gasteiger partial charge in [-0.25, -0.2) is 13.8 Å². The molecule has 0 atom stereocenters. The molecule has 0 saturated heterocycles. The van der Waals surface area contributed by atoms with E-state index in [9.17, 15) is 8.78 Å². The van der Waals surface area contributed by atoms with Gasteiger partial charge < -0.3 is 15.4 Å². The lowest BCUT2D eigenvalue weighted by Crippen LogP contribution is -2.19. The summed E-state index contributed by atoms with van der Waals surface area (Å²) in [6.45, 7) is 0.897. The van der Waals surface area contributed by atoms with Crippen LogP contribution in [0.5, 0.6) is 5.75 Å². The Morgan fingerprint density at radius 1 is 1.19 bits per heavy atom. The van der Waals surface area contributed by atoms with Crippen LogP contribution in [-0.2, 0) is 0 Å². The minimum Gasteiger partial charge on any atom is -0.492 e. The van der Waals surface area contributed by atoms with Crippen LogP contribution in [0.25, 0.3) is 27.5 Å². The Balaban J connectivity index is 1.72. The maximum Gasteiger partial charge on any atom is 0.191 e. The van der Waals surface area contributed by atoms with E-state index in [1.54, 1.807) is 12.3 Å². The molecule has 3 aromatic heterocycles. The van der Waals surface area contributed by atoms with Crippen molar-refractivity contribution in [3.05, 3.63) is 53.5 Å². The highest BCUT2D eigenvalue weighted by atomic mass is 32.1. The number of tetrazole rings is 1. The average molecular weight is 443 g/mol. The van der Waals surface area contributed by atoms with Gasteiger partial charge in [-0.05, 0) is 42.0 Å². The summed E-state index contributed by atoms with van der Waals surface area (Å²) in [5.41, 5.74) is 6.76. The van der Waals surface area contributed by atoms with Gasteiger partial charge in [0.2, 0.25) is 0 Å². The summed E-state index contributed by atoms with van der Waals surface area (Å²) in [7, 11) is 3.75. The zero-order valence-electron chi connectivity index (χ0n) is 16.8. The molecule has 0 saturated carbocycles. The molecule has 0 aliphatic carbocycles. The topological polar surface area (TPSA) is 95.0 Å². The Kier molecular flexibility index (Phi) is 5.87. The standard InChI is InChI=1S/C20H19F2N7OS/c1-28(2)5-6-30-13-9-15(21)18(16(22)10-13)29-20(25-26-27-29)14-8-12(11-24-19(14)23)17-4-3-7-31-17/h3-4,7-11H,5-6H2,1-2H3,(H2,23,24). The number of benzene rings is 1. The fourth-order valence-corrected chi connectivity index (χ4v) is 3.62. The first kappa shape index (κ1) is 20.8. The number of halogens is 2. The number of aromatic nitrogens is 5. The molecule has 160 valence electrons. The molecule has 2 N–H and O–H groups in total. The van der Waals surface area contributed by atoms with Crippen LogP contribution in [0.2, 0.25) is 0 Å². The SMILES string of the molecule is CN(C)CCOc1cc(F)c(-n2nnnc2-c2cc(-c3cccs3)cnc2N)c(F)c1. The molecular weight excluding hydrogens is 424 g/mol. The lowest BCUT2D eigenvalue weighted by molar-refractivity contribution is 0.259. The summed E-state index contributed by atoms with van der Waals surface area (Å²) < 4.78 is 36.1. The highest BCUT2D eigenvalue weighted by Crippen LogP contribution is 2.32. The molecule has 31 heavy (non-hydrogen) atoms. The van der Waals surface area contributed by atoms with E-state index >= 15 is 0 Å². The first-order chi connectivity index (χ1) is 14.9. The number of pyridine rings is 1. The van der Waals surface area contributed by atoms with Gasteiger partial charge in [-0.2, -0.15) is 4.68 Å². The molecule has 0 aliphatic rings. The van der Waals surface area contributed by atoms with Gasteiger partial charge in [0, 0.05) is 35.3 Å². The minimum atomic E-state index is -0.866. The number of nitrogen functional groups attached to an aromatic ring is 1. The number of nitrogens with two attached hydrogens (primary N) is 1. The quantitative estimate of drug-likeness (QED) is 0.468. The molecular formula is C20H19F2N7OS. The lowest BCUT2D eigenvalue weighted by Gasteiger charge is -2.13. The molecule has 1 aromatic carbocycles. The molecule has 0 unspecified atom stereocenters. The monoisotopic (exact) mass is 443 g/mol. The highest BCUT2D eigenvalue weighted by molar-refractivity contribution is 7.13. The lowest BCUT2D eigenvalue weighted by atomic mass is 10.1. The summed E-state index contributed by atoms with van der Waals surface area (Å²) in [5.74, 6) is -1.44. The number of hydrogen-bond acceptors (Lipinski definition) is 8. The van der Waals surface area contributed by atoms with E-state index in [4.69, 9.17) is 10.5 Å². The van der Waals surface area contributed by atoms with Gasteiger partial charge in [-0.15, -0.1) is 16.4 Å². The molecule has 0 amide bonds. The van der Waals surface area contributed by atoms with Crippen molar-refractivity contribution in [2.24, 2.45) is 0 Å². The van der Waals surface area contributed by atoms with Crippen LogP contribution in [0, 0.1) is 11.6 Å². The van der Waals surface area contributed by atoms with Gasteiger partial charge in [0.25, 0.3) is 0 Å². The summed E-state index contributed by atoms with van der Waals surface area (Å²) in [6.07, 6.45) is 1.62. The number of rotatable bonds is 7. The van der Waals surface area contributed by atoms with E-state index in [1.807, 2.05) is 36.5 Å². The summed E-state index contributed by atoms with van der Waals surface area (Å²) in [5, 5.41) is 13.2.